The molecule has 2 saturated carbocycles. The Morgan fingerprint density at radius 3 is 2.50 bits per heavy atom. The lowest BCUT2D eigenvalue weighted by molar-refractivity contribution is -0.123. The van der Waals surface area contributed by atoms with Crippen molar-refractivity contribution in [3.8, 4) is 0 Å². The van der Waals surface area contributed by atoms with Gasteiger partial charge in [0.15, 0.2) is 0 Å². The highest BCUT2D eigenvalue weighted by molar-refractivity contribution is 5.79. The van der Waals surface area contributed by atoms with Crippen LogP contribution >= 0.6 is 0 Å². The fraction of sp³-hybridized carbons (Fsp3) is 0.500. The minimum Gasteiger partial charge on any atom is -0.369 e. The van der Waals surface area contributed by atoms with Crippen LogP contribution in [0.3, 0.4) is 0 Å². The number of hydrogen-bond donors (Lipinski definition) is 1. The number of rotatable bonds is 2. The van der Waals surface area contributed by atoms with Crippen LogP contribution < -0.4 is 5.73 Å². The van der Waals surface area contributed by atoms with Gasteiger partial charge in [-0.1, -0.05) is 30.3 Å². The molecule has 0 unspecified atom stereocenters. The summed E-state index contributed by atoms with van der Waals surface area (Å²) in [6.07, 6.45) is 3.67. The SMILES string of the molecule is NC(=O)[C@H]1[C@@H]2CC[C@@H](C2)[C@@H]1c1ccccc1. The first-order valence-corrected chi connectivity index (χ1v) is 6.11. The monoisotopic (exact) mass is 215 g/mol. The first-order valence-electron chi connectivity index (χ1n) is 6.11. The third kappa shape index (κ3) is 1.36. The summed E-state index contributed by atoms with van der Waals surface area (Å²) < 4.78 is 0. The van der Waals surface area contributed by atoms with E-state index in [2.05, 4.69) is 24.3 Å². The van der Waals surface area contributed by atoms with Gasteiger partial charge >= 0.3 is 0 Å². The number of fused-ring (bicyclic) bond motifs is 2. The van der Waals surface area contributed by atoms with Crippen molar-refractivity contribution < 1.29 is 4.79 Å². The van der Waals surface area contributed by atoms with Gasteiger partial charge in [0.2, 0.25) is 5.91 Å². The lowest BCUT2D eigenvalue weighted by Crippen LogP contribution is -2.33. The molecule has 1 aromatic rings. The van der Waals surface area contributed by atoms with Crippen molar-refractivity contribution in [2.24, 2.45) is 23.5 Å². The summed E-state index contributed by atoms with van der Waals surface area (Å²) in [7, 11) is 0. The fourth-order valence-electron chi connectivity index (χ4n) is 3.86. The van der Waals surface area contributed by atoms with E-state index in [-0.39, 0.29) is 11.8 Å². The molecule has 3 rings (SSSR count). The molecule has 2 fully saturated rings. The molecule has 84 valence electrons. The zero-order valence-corrected chi connectivity index (χ0v) is 9.30. The summed E-state index contributed by atoms with van der Waals surface area (Å²) in [5, 5.41) is 0. The summed E-state index contributed by atoms with van der Waals surface area (Å²) in [4.78, 5) is 11.6. The number of hydrogen-bond acceptors (Lipinski definition) is 1. The Morgan fingerprint density at radius 2 is 1.81 bits per heavy atom. The van der Waals surface area contributed by atoms with Gasteiger partial charge in [0.1, 0.15) is 0 Å². The van der Waals surface area contributed by atoms with Gasteiger partial charge in [-0.3, -0.25) is 4.79 Å². The topological polar surface area (TPSA) is 43.1 Å². The second-order valence-electron chi connectivity index (χ2n) is 5.20. The Balaban J connectivity index is 1.97. The van der Waals surface area contributed by atoms with Crippen molar-refractivity contribution in [1.29, 1.82) is 0 Å². The van der Waals surface area contributed by atoms with E-state index in [1.54, 1.807) is 0 Å². The normalized spacial score (nSPS) is 36.5. The maximum absolute atomic E-state index is 11.6. The second kappa shape index (κ2) is 3.62. The van der Waals surface area contributed by atoms with E-state index in [0.29, 0.717) is 17.8 Å². The Kier molecular flexibility index (Phi) is 2.23. The fourth-order valence-corrected chi connectivity index (χ4v) is 3.86. The number of primary amides is 1. The number of carbonyl (C=O) groups excluding carboxylic acids is 1. The third-order valence-electron chi connectivity index (χ3n) is 4.43. The first kappa shape index (κ1) is 9.88. The highest BCUT2D eigenvalue weighted by atomic mass is 16.1. The minimum absolute atomic E-state index is 0.0844. The predicted octanol–water partition coefficient (Wildman–Crippen LogP) is 2.30. The van der Waals surface area contributed by atoms with Crippen LogP contribution in [0.2, 0.25) is 0 Å². The Morgan fingerprint density at radius 1 is 1.12 bits per heavy atom. The molecule has 2 heteroatoms. The van der Waals surface area contributed by atoms with Gasteiger partial charge in [-0.2, -0.15) is 0 Å². The maximum Gasteiger partial charge on any atom is 0.221 e. The number of carbonyl (C=O) groups is 1. The lowest BCUT2D eigenvalue weighted by Gasteiger charge is -2.29. The number of amides is 1. The number of benzene rings is 1. The van der Waals surface area contributed by atoms with Crippen LogP contribution in [0.1, 0.15) is 30.7 Å². The lowest BCUT2D eigenvalue weighted by atomic mass is 9.75. The van der Waals surface area contributed by atoms with E-state index in [9.17, 15) is 4.79 Å². The van der Waals surface area contributed by atoms with E-state index in [4.69, 9.17) is 5.73 Å². The Labute approximate surface area is 95.8 Å². The van der Waals surface area contributed by atoms with Crippen LogP contribution in [0.25, 0.3) is 0 Å². The molecule has 1 aromatic carbocycles. The molecule has 0 spiro atoms. The van der Waals surface area contributed by atoms with Gasteiger partial charge in [0.05, 0.1) is 0 Å². The molecule has 0 saturated heterocycles. The molecule has 0 aliphatic heterocycles. The molecule has 1 amide bonds. The van der Waals surface area contributed by atoms with Crippen LogP contribution in [0.4, 0.5) is 0 Å². The van der Waals surface area contributed by atoms with Gasteiger partial charge in [-0.15, -0.1) is 0 Å². The van der Waals surface area contributed by atoms with Gasteiger partial charge < -0.3 is 5.73 Å². The summed E-state index contributed by atoms with van der Waals surface area (Å²) in [5.74, 6) is 1.61. The van der Waals surface area contributed by atoms with Crippen molar-refractivity contribution in [1.82, 2.24) is 0 Å². The van der Waals surface area contributed by atoms with E-state index in [1.807, 2.05) is 6.07 Å². The van der Waals surface area contributed by atoms with Crippen LogP contribution in [0, 0.1) is 17.8 Å². The molecule has 0 radical (unpaired) electrons. The van der Waals surface area contributed by atoms with E-state index in [1.165, 1.54) is 24.8 Å². The van der Waals surface area contributed by atoms with E-state index in [0.717, 1.165) is 0 Å². The number of nitrogens with two attached hydrogens (primary N) is 1. The Hall–Kier alpha value is -1.31. The van der Waals surface area contributed by atoms with E-state index < -0.39 is 0 Å². The van der Waals surface area contributed by atoms with Crippen LogP contribution in [-0.4, -0.2) is 5.91 Å². The average Bonchev–Trinajstić information content (AvgIpc) is 2.89. The quantitative estimate of drug-likeness (QED) is 0.808. The van der Waals surface area contributed by atoms with Crippen molar-refractivity contribution in [3.05, 3.63) is 35.9 Å². The second-order valence-corrected chi connectivity index (χ2v) is 5.20. The van der Waals surface area contributed by atoms with Gasteiger partial charge in [-0.25, -0.2) is 0 Å². The molecular weight excluding hydrogens is 198 g/mol. The van der Waals surface area contributed by atoms with Gasteiger partial charge in [-0.05, 0) is 42.6 Å². The molecule has 16 heavy (non-hydrogen) atoms. The zero-order valence-electron chi connectivity index (χ0n) is 9.30. The highest BCUT2D eigenvalue weighted by Crippen LogP contribution is 2.56. The van der Waals surface area contributed by atoms with E-state index >= 15 is 0 Å². The predicted molar refractivity (Wildman–Crippen MR) is 62.7 cm³/mol. The molecule has 2 N–H and O–H groups in total. The molecule has 2 bridgehead atoms. The van der Waals surface area contributed by atoms with Crippen molar-refractivity contribution in [3.63, 3.8) is 0 Å². The van der Waals surface area contributed by atoms with Crippen molar-refractivity contribution in [2.75, 3.05) is 0 Å². The summed E-state index contributed by atoms with van der Waals surface area (Å²) >= 11 is 0. The minimum atomic E-state index is -0.0962. The Bertz CT molecular complexity index is 400. The van der Waals surface area contributed by atoms with Crippen LogP contribution in [0.5, 0.6) is 0 Å². The molecule has 0 heterocycles. The van der Waals surface area contributed by atoms with Gasteiger partial charge in [0, 0.05) is 5.92 Å². The molecule has 2 aliphatic carbocycles. The van der Waals surface area contributed by atoms with Gasteiger partial charge in [0.25, 0.3) is 0 Å². The van der Waals surface area contributed by atoms with Crippen molar-refractivity contribution >= 4 is 5.91 Å². The summed E-state index contributed by atoms with van der Waals surface area (Å²) in [6, 6.07) is 10.4. The molecule has 2 nitrogen and oxygen atoms in total. The maximum atomic E-state index is 11.6. The molecule has 4 atom stereocenters. The molecule has 2 aliphatic rings. The smallest absolute Gasteiger partial charge is 0.221 e. The third-order valence-corrected chi connectivity index (χ3v) is 4.43. The molecular formula is C14H17NO. The van der Waals surface area contributed by atoms with Crippen LogP contribution in [0.15, 0.2) is 30.3 Å². The largest absolute Gasteiger partial charge is 0.369 e. The summed E-state index contributed by atoms with van der Waals surface area (Å²) in [6.45, 7) is 0. The molecule has 0 aromatic heterocycles. The zero-order chi connectivity index (χ0) is 11.1. The standard InChI is InChI=1S/C14H17NO/c15-14(16)13-11-7-6-10(8-11)12(13)9-4-2-1-3-5-9/h1-5,10-13H,6-8H2,(H2,15,16)/t10-,11+,12-,13-/m0/s1. The average molecular weight is 215 g/mol. The van der Waals surface area contributed by atoms with Crippen LogP contribution in [-0.2, 0) is 4.79 Å². The first-order chi connectivity index (χ1) is 7.77. The van der Waals surface area contributed by atoms with Crippen molar-refractivity contribution in [2.45, 2.75) is 25.2 Å². The highest BCUT2D eigenvalue weighted by Gasteiger charge is 2.50. The summed E-state index contributed by atoms with van der Waals surface area (Å²) in [5.41, 5.74) is 6.88.